The van der Waals surface area contributed by atoms with Crippen LogP contribution < -0.4 is 10.6 Å². The van der Waals surface area contributed by atoms with E-state index in [1.165, 1.54) is 0 Å². The number of rotatable bonds is 6. The van der Waals surface area contributed by atoms with E-state index < -0.39 is 17.8 Å². The van der Waals surface area contributed by atoms with Gasteiger partial charge in [0.2, 0.25) is 5.91 Å². The highest BCUT2D eigenvalue weighted by atomic mass is 16.2. The van der Waals surface area contributed by atoms with Crippen LogP contribution in [0.25, 0.3) is 17.0 Å². The maximum atomic E-state index is 12.9. The molecule has 1 saturated heterocycles. The quantitative estimate of drug-likeness (QED) is 0.448. The van der Waals surface area contributed by atoms with Gasteiger partial charge in [-0.3, -0.25) is 9.59 Å². The molecule has 4 amide bonds. The molecule has 0 spiro atoms. The fourth-order valence-electron chi connectivity index (χ4n) is 3.85. The Labute approximate surface area is 186 Å². The van der Waals surface area contributed by atoms with Crippen molar-refractivity contribution in [3.05, 3.63) is 71.6 Å². The summed E-state index contributed by atoms with van der Waals surface area (Å²) < 4.78 is 2.18. The van der Waals surface area contributed by atoms with Crippen LogP contribution in [0.1, 0.15) is 37.4 Å². The molecule has 2 N–H and O–H groups in total. The number of anilines is 1. The lowest BCUT2D eigenvalue weighted by Gasteiger charge is -2.12. The van der Waals surface area contributed by atoms with Gasteiger partial charge in [0.05, 0.1) is 0 Å². The largest absolute Gasteiger partial charge is 0.344 e. The predicted octanol–water partition coefficient (Wildman–Crippen LogP) is 4.45. The van der Waals surface area contributed by atoms with E-state index in [1.54, 1.807) is 12.1 Å². The lowest BCUT2D eigenvalue weighted by atomic mass is 10.1. The molecule has 1 aliphatic rings. The standard InChI is InChI=1S/C25H26N4O3/c1-4-17(3)28-14-18(20-10-5-6-11-22(20)28)13-21-24(31)29(25(32)27-21)15-23(30)26-19-9-7-8-16(2)12-19/h5-14,17H,4,15H2,1-3H3,(H,26,30)(H,27,32)/b21-13+/t17-/m0/s1. The van der Waals surface area contributed by atoms with Crippen molar-refractivity contribution in [2.45, 2.75) is 33.2 Å². The maximum Gasteiger partial charge on any atom is 0.329 e. The zero-order valence-corrected chi connectivity index (χ0v) is 18.4. The van der Waals surface area contributed by atoms with E-state index in [2.05, 4.69) is 29.0 Å². The van der Waals surface area contributed by atoms with Crippen LogP contribution in [0.5, 0.6) is 0 Å². The highest BCUT2D eigenvalue weighted by Gasteiger charge is 2.35. The minimum Gasteiger partial charge on any atom is -0.344 e. The summed E-state index contributed by atoms with van der Waals surface area (Å²) in [6.07, 6.45) is 4.65. The zero-order chi connectivity index (χ0) is 22.8. The molecule has 1 aromatic heterocycles. The number of carbonyl (C=O) groups is 3. The van der Waals surface area contributed by atoms with Crippen molar-refractivity contribution in [1.29, 1.82) is 0 Å². The van der Waals surface area contributed by atoms with Gasteiger partial charge in [0.1, 0.15) is 12.2 Å². The Morgan fingerprint density at radius 2 is 1.94 bits per heavy atom. The molecule has 1 fully saturated rings. The topological polar surface area (TPSA) is 83.4 Å². The maximum absolute atomic E-state index is 12.9. The Morgan fingerprint density at radius 3 is 2.69 bits per heavy atom. The van der Waals surface area contributed by atoms with E-state index in [4.69, 9.17) is 0 Å². The van der Waals surface area contributed by atoms with Crippen LogP contribution in [-0.4, -0.2) is 33.9 Å². The number of para-hydroxylation sites is 1. The van der Waals surface area contributed by atoms with E-state index >= 15 is 0 Å². The van der Waals surface area contributed by atoms with E-state index in [0.29, 0.717) is 11.7 Å². The molecule has 0 saturated carbocycles. The van der Waals surface area contributed by atoms with Crippen LogP contribution in [0.4, 0.5) is 10.5 Å². The number of imide groups is 1. The first-order valence-corrected chi connectivity index (χ1v) is 10.7. The Morgan fingerprint density at radius 1 is 1.16 bits per heavy atom. The molecular weight excluding hydrogens is 404 g/mol. The van der Waals surface area contributed by atoms with Crippen molar-refractivity contribution < 1.29 is 14.4 Å². The number of urea groups is 1. The molecule has 2 heterocycles. The minimum atomic E-state index is -0.605. The number of hydrogen-bond donors (Lipinski definition) is 2. The normalized spacial score (nSPS) is 16.0. The first-order valence-electron chi connectivity index (χ1n) is 10.7. The lowest BCUT2D eigenvalue weighted by molar-refractivity contribution is -0.127. The Balaban J connectivity index is 1.56. The van der Waals surface area contributed by atoms with Crippen LogP contribution in [0, 0.1) is 6.92 Å². The van der Waals surface area contributed by atoms with Gasteiger partial charge in [0.25, 0.3) is 5.91 Å². The van der Waals surface area contributed by atoms with Crippen LogP contribution in [-0.2, 0) is 9.59 Å². The molecule has 4 rings (SSSR count). The van der Waals surface area contributed by atoms with Gasteiger partial charge in [-0.1, -0.05) is 37.3 Å². The molecule has 7 heteroatoms. The van der Waals surface area contributed by atoms with E-state index in [-0.39, 0.29) is 12.2 Å². The Kier molecular flexibility index (Phi) is 5.81. The number of nitrogens with zero attached hydrogens (tertiary/aromatic N) is 2. The van der Waals surface area contributed by atoms with Crippen LogP contribution in [0.2, 0.25) is 0 Å². The summed E-state index contributed by atoms with van der Waals surface area (Å²) in [7, 11) is 0. The van der Waals surface area contributed by atoms with Gasteiger partial charge >= 0.3 is 6.03 Å². The van der Waals surface area contributed by atoms with Gasteiger partial charge in [-0.2, -0.15) is 0 Å². The highest BCUT2D eigenvalue weighted by Crippen LogP contribution is 2.28. The molecule has 0 aliphatic carbocycles. The number of amides is 4. The molecule has 0 radical (unpaired) electrons. The summed E-state index contributed by atoms with van der Waals surface area (Å²) in [6.45, 7) is 5.82. The third-order valence-electron chi connectivity index (χ3n) is 5.70. The second-order valence-corrected chi connectivity index (χ2v) is 8.06. The number of nitrogens with one attached hydrogen (secondary N) is 2. The van der Waals surface area contributed by atoms with Crippen molar-refractivity contribution in [1.82, 2.24) is 14.8 Å². The molecule has 7 nitrogen and oxygen atoms in total. The second-order valence-electron chi connectivity index (χ2n) is 8.06. The van der Waals surface area contributed by atoms with Crippen molar-refractivity contribution in [3.63, 3.8) is 0 Å². The molecule has 0 unspecified atom stereocenters. The lowest BCUT2D eigenvalue weighted by Crippen LogP contribution is -2.38. The summed E-state index contributed by atoms with van der Waals surface area (Å²) in [4.78, 5) is 38.6. The van der Waals surface area contributed by atoms with E-state index in [1.807, 2.05) is 55.6 Å². The fraction of sp³-hybridized carbons (Fsp3) is 0.240. The van der Waals surface area contributed by atoms with Crippen molar-refractivity contribution in [2.75, 3.05) is 11.9 Å². The van der Waals surface area contributed by atoms with Gasteiger partial charge in [0.15, 0.2) is 0 Å². The Hall–Kier alpha value is -3.87. The number of fused-ring (bicyclic) bond motifs is 1. The van der Waals surface area contributed by atoms with Gasteiger partial charge in [-0.25, -0.2) is 9.69 Å². The average molecular weight is 431 g/mol. The number of aryl methyl sites for hydroxylation is 1. The Bertz CT molecular complexity index is 1240. The molecule has 164 valence electrons. The number of hydrogen-bond acceptors (Lipinski definition) is 3. The summed E-state index contributed by atoms with van der Waals surface area (Å²) >= 11 is 0. The smallest absolute Gasteiger partial charge is 0.329 e. The monoisotopic (exact) mass is 430 g/mol. The van der Waals surface area contributed by atoms with E-state index in [0.717, 1.165) is 33.4 Å². The molecule has 1 aliphatic heterocycles. The molecular formula is C25H26N4O3. The van der Waals surface area contributed by atoms with Crippen molar-refractivity contribution in [3.8, 4) is 0 Å². The summed E-state index contributed by atoms with van der Waals surface area (Å²) in [5.41, 5.74) is 3.69. The minimum absolute atomic E-state index is 0.158. The number of benzene rings is 2. The summed E-state index contributed by atoms with van der Waals surface area (Å²) in [5.74, 6) is -0.955. The van der Waals surface area contributed by atoms with Crippen molar-refractivity contribution in [2.24, 2.45) is 0 Å². The number of aromatic nitrogens is 1. The van der Waals surface area contributed by atoms with Gasteiger partial charge in [0, 0.05) is 34.4 Å². The molecule has 2 aromatic carbocycles. The third kappa shape index (κ3) is 4.14. The van der Waals surface area contributed by atoms with Crippen LogP contribution >= 0.6 is 0 Å². The van der Waals surface area contributed by atoms with Crippen LogP contribution in [0.3, 0.4) is 0 Å². The van der Waals surface area contributed by atoms with E-state index in [9.17, 15) is 14.4 Å². The fourth-order valence-corrected chi connectivity index (χ4v) is 3.85. The van der Waals surface area contributed by atoms with Crippen LogP contribution in [0.15, 0.2) is 60.4 Å². The molecule has 32 heavy (non-hydrogen) atoms. The van der Waals surface area contributed by atoms with Gasteiger partial charge in [-0.05, 0) is 50.1 Å². The SMILES string of the molecule is CC[C@H](C)n1cc(/C=C2/NC(=O)N(CC(=O)Nc3cccc(C)c3)C2=O)c2ccccc21. The highest BCUT2D eigenvalue weighted by molar-refractivity contribution is 6.16. The number of carbonyl (C=O) groups excluding carboxylic acids is 3. The third-order valence-corrected chi connectivity index (χ3v) is 5.70. The molecule has 1 atom stereocenters. The second kappa shape index (κ2) is 8.70. The van der Waals surface area contributed by atoms with Gasteiger partial charge < -0.3 is 15.2 Å². The first-order chi connectivity index (χ1) is 15.4. The van der Waals surface area contributed by atoms with Gasteiger partial charge in [-0.15, -0.1) is 0 Å². The summed E-state index contributed by atoms with van der Waals surface area (Å²) in [6, 6.07) is 15.0. The first kappa shape index (κ1) is 21.4. The molecule has 3 aromatic rings. The average Bonchev–Trinajstić information content (AvgIpc) is 3.26. The zero-order valence-electron chi connectivity index (χ0n) is 18.4. The summed E-state index contributed by atoms with van der Waals surface area (Å²) in [5, 5.41) is 6.33. The van der Waals surface area contributed by atoms with Crippen molar-refractivity contribution >= 4 is 40.5 Å². The molecule has 0 bridgehead atoms. The predicted molar refractivity (Wildman–Crippen MR) is 125 cm³/mol.